The second kappa shape index (κ2) is 9.01. The topological polar surface area (TPSA) is 74.8 Å². The van der Waals surface area contributed by atoms with Crippen LogP contribution < -0.4 is 0 Å². The number of piperidine rings is 1. The number of benzene rings is 1. The van der Waals surface area contributed by atoms with Crippen LogP contribution >= 0.6 is 11.8 Å². The summed E-state index contributed by atoms with van der Waals surface area (Å²) in [5.41, 5.74) is 3.77. The van der Waals surface area contributed by atoms with Crippen LogP contribution in [0.5, 0.6) is 0 Å². The van der Waals surface area contributed by atoms with Crippen molar-refractivity contribution in [3.05, 3.63) is 71.8 Å². The molecule has 0 bridgehead atoms. The Hall–Kier alpha value is -2.67. The molecule has 3 aromatic rings. The molecule has 6 nitrogen and oxygen atoms in total. The van der Waals surface area contributed by atoms with E-state index in [2.05, 4.69) is 44.4 Å². The zero-order chi connectivity index (χ0) is 19.2. The van der Waals surface area contributed by atoms with Gasteiger partial charge in [-0.3, -0.25) is 9.89 Å². The number of aromatic amines is 1. The number of H-pyrrole nitrogens is 1. The monoisotopic (exact) mass is 393 g/mol. The number of carbonyl (C=O) groups is 1. The van der Waals surface area contributed by atoms with E-state index in [1.165, 1.54) is 28.6 Å². The van der Waals surface area contributed by atoms with Crippen molar-refractivity contribution >= 4 is 17.7 Å². The second-order valence-electron chi connectivity index (χ2n) is 6.95. The van der Waals surface area contributed by atoms with Crippen LogP contribution in [0.3, 0.4) is 0 Å². The zero-order valence-electron chi connectivity index (χ0n) is 15.6. The fourth-order valence-corrected chi connectivity index (χ4v) is 4.33. The summed E-state index contributed by atoms with van der Waals surface area (Å²) in [5.74, 6) is 0.971. The molecule has 7 heteroatoms. The van der Waals surface area contributed by atoms with Crippen molar-refractivity contribution in [2.45, 2.75) is 30.3 Å². The van der Waals surface area contributed by atoms with Crippen LogP contribution in [0.15, 0.2) is 60.1 Å². The molecule has 1 aliphatic rings. The van der Waals surface area contributed by atoms with Gasteiger partial charge in [0, 0.05) is 43.5 Å². The Morgan fingerprint density at radius 2 is 1.86 bits per heavy atom. The van der Waals surface area contributed by atoms with E-state index in [-0.39, 0.29) is 5.91 Å². The first kappa shape index (κ1) is 18.7. The maximum atomic E-state index is 12.5. The molecule has 3 heterocycles. The molecule has 2 aromatic heterocycles. The first-order chi connectivity index (χ1) is 13.8. The van der Waals surface area contributed by atoms with E-state index in [0.717, 1.165) is 32.4 Å². The minimum Gasteiger partial charge on any atom is -0.342 e. The smallest absolute Gasteiger partial charge is 0.233 e. The van der Waals surface area contributed by atoms with Crippen LogP contribution in [0.2, 0.25) is 0 Å². The van der Waals surface area contributed by atoms with Crippen molar-refractivity contribution in [2.75, 3.05) is 18.8 Å². The molecule has 144 valence electrons. The molecular weight excluding hydrogens is 370 g/mol. The summed E-state index contributed by atoms with van der Waals surface area (Å²) in [6.07, 6.45) is 8.14. The van der Waals surface area contributed by atoms with Crippen LogP contribution in [0, 0.1) is 0 Å². The maximum Gasteiger partial charge on any atom is 0.233 e. The Morgan fingerprint density at radius 3 is 2.61 bits per heavy atom. The van der Waals surface area contributed by atoms with Gasteiger partial charge in [0.1, 0.15) is 0 Å². The molecule has 4 rings (SSSR count). The predicted octanol–water partition coefficient (Wildman–Crippen LogP) is 3.29. The van der Waals surface area contributed by atoms with E-state index >= 15 is 0 Å². The van der Waals surface area contributed by atoms with Crippen LogP contribution in [0.1, 0.15) is 35.6 Å². The number of hydrogen-bond donors (Lipinski definition) is 1. The zero-order valence-corrected chi connectivity index (χ0v) is 16.4. The van der Waals surface area contributed by atoms with Gasteiger partial charge in [-0.1, -0.05) is 42.1 Å². The number of nitrogens with one attached hydrogen (secondary N) is 1. The standard InChI is InChI=1S/C21H23N5OS/c27-19(15-28-21-22-9-4-10-23-21)26-11-7-17(8-12-26)20-18(14-24-25-20)13-16-5-2-1-3-6-16/h1-6,9-10,14,17H,7-8,11-13,15H2,(H,24,25). The normalized spacial score (nSPS) is 14.9. The largest absolute Gasteiger partial charge is 0.342 e. The van der Waals surface area contributed by atoms with E-state index in [9.17, 15) is 4.79 Å². The van der Waals surface area contributed by atoms with Gasteiger partial charge >= 0.3 is 0 Å². The molecule has 0 spiro atoms. The highest BCUT2D eigenvalue weighted by atomic mass is 32.2. The number of likely N-dealkylation sites (tertiary alicyclic amines) is 1. The van der Waals surface area contributed by atoms with Gasteiger partial charge in [-0.25, -0.2) is 9.97 Å². The summed E-state index contributed by atoms with van der Waals surface area (Å²) in [6.45, 7) is 1.56. The van der Waals surface area contributed by atoms with Crippen molar-refractivity contribution in [2.24, 2.45) is 0 Å². The van der Waals surface area contributed by atoms with E-state index in [4.69, 9.17) is 0 Å². The van der Waals surface area contributed by atoms with Gasteiger partial charge in [-0.2, -0.15) is 5.10 Å². The summed E-state index contributed by atoms with van der Waals surface area (Å²) in [5, 5.41) is 8.15. The third-order valence-electron chi connectivity index (χ3n) is 5.11. The SMILES string of the molecule is O=C(CSc1ncccn1)N1CCC(c2[nH]ncc2Cc2ccccc2)CC1. The third-order valence-corrected chi connectivity index (χ3v) is 5.97. The lowest BCUT2D eigenvalue weighted by Crippen LogP contribution is -2.39. The van der Waals surface area contributed by atoms with Gasteiger partial charge in [-0.05, 0) is 30.0 Å². The number of nitrogens with zero attached hydrogens (tertiary/aromatic N) is 4. The minimum absolute atomic E-state index is 0.157. The lowest BCUT2D eigenvalue weighted by molar-refractivity contribution is -0.129. The molecule has 0 unspecified atom stereocenters. The van der Waals surface area contributed by atoms with Gasteiger partial charge in [-0.15, -0.1) is 0 Å². The Morgan fingerprint density at radius 1 is 1.11 bits per heavy atom. The molecular formula is C21H23N5OS. The number of thioether (sulfide) groups is 1. The fraction of sp³-hybridized carbons (Fsp3) is 0.333. The lowest BCUT2D eigenvalue weighted by Gasteiger charge is -2.32. The number of carbonyl (C=O) groups excluding carboxylic acids is 1. The lowest BCUT2D eigenvalue weighted by atomic mass is 9.90. The van der Waals surface area contributed by atoms with Gasteiger partial charge in [0.25, 0.3) is 0 Å². The van der Waals surface area contributed by atoms with E-state index < -0.39 is 0 Å². The van der Waals surface area contributed by atoms with E-state index in [1.807, 2.05) is 17.2 Å². The highest BCUT2D eigenvalue weighted by Gasteiger charge is 2.26. The first-order valence-corrected chi connectivity index (χ1v) is 10.5. The van der Waals surface area contributed by atoms with Gasteiger partial charge in [0.2, 0.25) is 5.91 Å². The molecule has 1 fully saturated rings. The fourth-order valence-electron chi connectivity index (χ4n) is 3.63. The Bertz CT molecular complexity index is 891. The molecule has 1 aromatic carbocycles. The summed E-state index contributed by atoms with van der Waals surface area (Å²) in [7, 11) is 0. The average Bonchev–Trinajstić information content (AvgIpc) is 3.21. The molecule has 0 atom stereocenters. The molecule has 0 saturated carbocycles. The predicted molar refractivity (Wildman–Crippen MR) is 109 cm³/mol. The van der Waals surface area contributed by atoms with E-state index in [0.29, 0.717) is 16.8 Å². The van der Waals surface area contributed by atoms with Crippen molar-refractivity contribution in [1.29, 1.82) is 0 Å². The highest BCUT2D eigenvalue weighted by molar-refractivity contribution is 7.99. The van der Waals surface area contributed by atoms with Gasteiger partial charge in [0.05, 0.1) is 11.9 Å². The average molecular weight is 394 g/mol. The van der Waals surface area contributed by atoms with Crippen LogP contribution in [-0.2, 0) is 11.2 Å². The summed E-state index contributed by atoms with van der Waals surface area (Å²) < 4.78 is 0. The second-order valence-corrected chi connectivity index (χ2v) is 7.89. The number of rotatable bonds is 6. The van der Waals surface area contributed by atoms with Gasteiger partial charge < -0.3 is 4.90 Å². The Labute approximate surface area is 168 Å². The molecule has 0 radical (unpaired) electrons. The van der Waals surface area contributed by atoms with Crippen molar-refractivity contribution in [3.8, 4) is 0 Å². The van der Waals surface area contributed by atoms with E-state index in [1.54, 1.807) is 18.5 Å². The van der Waals surface area contributed by atoms with Crippen molar-refractivity contribution < 1.29 is 4.79 Å². The summed E-state index contributed by atoms with van der Waals surface area (Å²) >= 11 is 1.39. The van der Waals surface area contributed by atoms with Crippen LogP contribution in [0.25, 0.3) is 0 Å². The third kappa shape index (κ3) is 4.59. The first-order valence-electron chi connectivity index (χ1n) is 9.53. The van der Waals surface area contributed by atoms with Gasteiger partial charge in [0.15, 0.2) is 5.16 Å². The number of amides is 1. The molecule has 1 saturated heterocycles. The molecule has 0 aliphatic carbocycles. The Kier molecular flexibility index (Phi) is 6.01. The summed E-state index contributed by atoms with van der Waals surface area (Å²) in [4.78, 5) is 22.8. The number of aromatic nitrogens is 4. The maximum absolute atomic E-state index is 12.5. The minimum atomic E-state index is 0.157. The number of hydrogen-bond acceptors (Lipinski definition) is 5. The summed E-state index contributed by atoms with van der Waals surface area (Å²) in [6, 6.07) is 12.2. The molecule has 28 heavy (non-hydrogen) atoms. The van der Waals surface area contributed by atoms with Crippen LogP contribution in [-0.4, -0.2) is 49.8 Å². The molecule has 1 aliphatic heterocycles. The Balaban J connectivity index is 1.31. The van der Waals surface area contributed by atoms with Crippen molar-refractivity contribution in [3.63, 3.8) is 0 Å². The van der Waals surface area contributed by atoms with Crippen molar-refractivity contribution in [1.82, 2.24) is 25.1 Å². The molecule has 1 amide bonds. The highest BCUT2D eigenvalue weighted by Crippen LogP contribution is 2.30. The van der Waals surface area contributed by atoms with Crippen LogP contribution in [0.4, 0.5) is 0 Å². The molecule has 1 N–H and O–H groups in total. The quantitative estimate of drug-likeness (QED) is 0.514.